The minimum absolute atomic E-state index is 0.0386. The first-order valence-corrected chi connectivity index (χ1v) is 8.13. The third-order valence-electron chi connectivity index (χ3n) is 3.59. The molecule has 0 radical (unpaired) electrons. The lowest BCUT2D eigenvalue weighted by Gasteiger charge is -2.31. The molecule has 1 aromatic rings. The number of carbonyl (C=O) groups is 2. The second kappa shape index (κ2) is 5.95. The van der Waals surface area contributed by atoms with Gasteiger partial charge in [0.2, 0.25) is 10.0 Å². The maximum Gasteiger partial charge on any atom is 0.322 e. The van der Waals surface area contributed by atoms with Gasteiger partial charge in [0.15, 0.2) is 5.78 Å². The van der Waals surface area contributed by atoms with Gasteiger partial charge < -0.3 is 5.11 Å². The highest BCUT2D eigenvalue weighted by atomic mass is 32.2. The van der Waals surface area contributed by atoms with Crippen molar-refractivity contribution in [2.75, 3.05) is 6.54 Å². The topological polar surface area (TPSA) is 91.8 Å². The van der Waals surface area contributed by atoms with Crippen LogP contribution in [-0.2, 0) is 14.8 Å². The minimum Gasteiger partial charge on any atom is -0.480 e. The van der Waals surface area contributed by atoms with Crippen molar-refractivity contribution in [2.45, 2.75) is 37.1 Å². The van der Waals surface area contributed by atoms with Crippen molar-refractivity contribution in [1.82, 2.24) is 4.31 Å². The molecule has 0 amide bonds. The van der Waals surface area contributed by atoms with Crippen LogP contribution in [0.25, 0.3) is 0 Å². The Bertz CT molecular complexity index is 668. The van der Waals surface area contributed by atoms with Crippen LogP contribution in [0.15, 0.2) is 29.2 Å². The fourth-order valence-corrected chi connectivity index (χ4v) is 4.15. The van der Waals surface area contributed by atoms with E-state index in [0.717, 1.165) is 4.31 Å². The van der Waals surface area contributed by atoms with Crippen LogP contribution in [0.5, 0.6) is 0 Å². The van der Waals surface area contributed by atoms with Gasteiger partial charge in [0, 0.05) is 12.1 Å². The van der Waals surface area contributed by atoms with E-state index in [9.17, 15) is 23.1 Å². The molecule has 1 saturated heterocycles. The number of sulfonamides is 1. The molecule has 1 unspecified atom stereocenters. The number of rotatable bonds is 4. The van der Waals surface area contributed by atoms with E-state index in [2.05, 4.69) is 0 Å². The van der Waals surface area contributed by atoms with Crippen molar-refractivity contribution >= 4 is 21.8 Å². The van der Waals surface area contributed by atoms with Gasteiger partial charge in [-0.05, 0) is 38.3 Å². The zero-order valence-corrected chi connectivity index (χ0v) is 12.5. The van der Waals surface area contributed by atoms with Crippen molar-refractivity contribution in [3.8, 4) is 0 Å². The van der Waals surface area contributed by atoms with Crippen LogP contribution in [0.2, 0.25) is 0 Å². The number of aliphatic carboxylic acids is 1. The highest BCUT2D eigenvalue weighted by Gasteiger charge is 2.37. The molecule has 1 N–H and O–H groups in total. The lowest BCUT2D eigenvalue weighted by atomic mass is 10.1. The molecule has 2 rings (SSSR count). The summed E-state index contributed by atoms with van der Waals surface area (Å²) in [5.74, 6) is -1.37. The smallest absolute Gasteiger partial charge is 0.322 e. The van der Waals surface area contributed by atoms with Crippen LogP contribution in [0.1, 0.15) is 36.5 Å². The normalized spacial score (nSPS) is 20.1. The Kier molecular flexibility index (Phi) is 4.43. The number of benzene rings is 1. The molecule has 21 heavy (non-hydrogen) atoms. The van der Waals surface area contributed by atoms with E-state index >= 15 is 0 Å². The summed E-state index contributed by atoms with van der Waals surface area (Å²) in [5.41, 5.74) is 0.292. The van der Waals surface area contributed by atoms with E-state index in [0.29, 0.717) is 24.8 Å². The maximum absolute atomic E-state index is 12.6. The van der Waals surface area contributed by atoms with Gasteiger partial charge in [0.05, 0.1) is 4.90 Å². The Labute approximate surface area is 123 Å². The van der Waals surface area contributed by atoms with Gasteiger partial charge in [-0.2, -0.15) is 4.31 Å². The van der Waals surface area contributed by atoms with Crippen LogP contribution in [0, 0.1) is 0 Å². The first kappa shape index (κ1) is 15.7. The lowest BCUT2D eigenvalue weighted by Crippen LogP contribution is -2.47. The standard InChI is InChI=1S/C14H17NO5S/c1-10(16)11-5-4-6-12(9-11)21(19,20)15-8-3-2-7-13(15)14(17)18/h4-6,9,13H,2-3,7-8H2,1H3,(H,17,18). The molecule has 1 aliphatic heterocycles. The van der Waals surface area contributed by atoms with Gasteiger partial charge in [-0.25, -0.2) is 8.42 Å². The van der Waals surface area contributed by atoms with Gasteiger partial charge >= 0.3 is 5.97 Å². The summed E-state index contributed by atoms with van der Waals surface area (Å²) in [7, 11) is -3.91. The number of nitrogens with zero attached hydrogens (tertiary/aromatic N) is 1. The second-order valence-electron chi connectivity index (χ2n) is 5.05. The van der Waals surface area contributed by atoms with Crippen molar-refractivity contribution in [1.29, 1.82) is 0 Å². The molecule has 1 fully saturated rings. The maximum atomic E-state index is 12.6. The molecule has 0 bridgehead atoms. The Morgan fingerprint density at radius 2 is 2.00 bits per heavy atom. The summed E-state index contributed by atoms with van der Waals surface area (Å²) in [4.78, 5) is 22.6. The van der Waals surface area contributed by atoms with Gasteiger partial charge in [0.25, 0.3) is 0 Å². The number of carbonyl (C=O) groups excluding carboxylic acids is 1. The third-order valence-corrected chi connectivity index (χ3v) is 5.49. The molecule has 114 valence electrons. The van der Waals surface area contributed by atoms with Crippen LogP contribution in [-0.4, -0.2) is 42.2 Å². The predicted octanol–water partition coefficient (Wildman–Crippen LogP) is 1.52. The molecule has 6 nitrogen and oxygen atoms in total. The van der Waals surface area contributed by atoms with Crippen molar-refractivity contribution in [3.63, 3.8) is 0 Å². The van der Waals surface area contributed by atoms with Crippen molar-refractivity contribution in [3.05, 3.63) is 29.8 Å². The Morgan fingerprint density at radius 3 is 2.62 bits per heavy atom. The van der Waals surface area contributed by atoms with E-state index in [1.807, 2.05) is 0 Å². The summed E-state index contributed by atoms with van der Waals surface area (Å²) >= 11 is 0. The molecule has 0 saturated carbocycles. The van der Waals surface area contributed by atoms with Crippen LogP contribution in [0.3, 0.4) is 0 Å². The first-order chi connectivity index (χ1) is 9.84. The van der Waals surface area contributed by atoms with Crippen LogP contribution >= 0.6 is 0 Å². The van der Waals surface area contributed by atoms with Crippen LogP contribution in [0.4, 0.5) is 0 Å². The highest BCUT2D eigenvalue weighted by Crippen LogP contribution is 2.26. The molecule has 1 atom stereocenters. The fourth-order valence-electron chi connectivity index (χ4n) is 2.45. The highest BCUT2D eigenvalue weighted by molar-refractivity contribution is 7.89. The molecule has 0 spiro atoms. The number of carboxylic acids is 1. The van der Waals surface area contributed by atoms with Crippen molar-refractivity contribution in [2.24, 2.45) is 0 Å². The monoisotopic (exact) mass is 311 g/mol. The van der Waals surface area contributed by atoms with E-state index in [1.54, 1.807) is 0 Å². The van der Waals surface area contributed by atoms with E-state index < -0.39 is 22.0 Å². The van der Waals surface area contributed by atoms with Crippen LogP contribution < -0.4 is 0 Å². The zero-order chi connectivity index (χ0) is 15.6. The fraction of sp³-hybridized carbons (Fsp3) is 0.429. The van der Waals surface area contributed by atoms with Crippen molar-refractivity contribution < 1.29 is 23.1 Å². The average molecular weight is 311 g/mol. The Balaban J connectivity index is 2.43. The quantitative estimate of drug-likeness (QED) is 0.851. The third kappa shape index (κ3) is 3.14. The summed E-state index contributed by atoms with van der Waals surface area (Å²) in [6.07, 6.45) is 1.63. The van der Waals surface area contributed by atoms with Gasteiger partial charge in [-0.1, -0.05) is 12.1 Å². The molecule has 7 heteroatoms. The largest absolute Gasteiger partial charge is 0.480 e. The Hall–Kier alpha value is -1.73. The minimum atomic E-state index is -3.91. The van der Waals surface area contributed by atoms with E-state index in [4.69, 9.17) is 0 Å². The molecule has 0 aromatic heterocycles. The summed E-state index contributed by atoms with van der Waals surface area (Å²) in [5, 5.41) is 9.20. The first-order valence-electron chi connectivity index (χ1n) is 6.69. The summed E-state index contributed by atoms with van der Waals surface area (Å²) in [6.45, 7) is 1.54. The SMILES string of the molecule is CC(=O)c1cccc(S(=O)(=O)N2CCCCC2C(=O)O)c1. The van der Waals surface area contributed by atoms with Gasteiger partial charge in [0.1, 0.15) is 6.04 Å². The summed E-state index contributed by atoms with van der Waals surface area (Å²) < 4.78 is 26.3. The number of carboxylic acid groups (broad SMARTS) is 1. The van der Waals surface area contributed by atoms with E-state index in [-0.39, 0.29) is 17.2 Å². The molecule has 0 aliphatic carbocycles. The number of ketones is 1. The number of hydrogen-bond donors (Lipinski definition) is 1. The van der Waals surface area contributed by atoms with Gasteiger partial charge in [-0.15, -0.1) is 0 Å². The lowest BCUT2D eigenvalue weighted by molar-refractivity contribution is -0.142. The van der Waals surface area contributed by atoms with E-state index in [1.165, 1.54) is 31.2 Å². The summed E-state index contributed by atoms with van der Waals surface area (Å²) in [6, 6.07) is 4.67. The molecule has 1 aliphatic rings. The zero-order valence-electron chi connectivity index (χ0n) is 11.7. The molecular weight excluding hydrogens is 294 g/mol. The number of Topliss-reactive ketones (excluding diaryl/α,β-unsaturated/α-hetero) is 1. The molecular formula is C14H17NO5S. The Morgan fingerprint density at radius 1 is 1.29 bits per heavy atom. The molecule has 1 aromatic carbocycles. The number of piperidine rings is 1. The number of hydrogen-bond acceptors (Lipinski definition) is 4. The predicted molar refractivity (Wildman–Crippen MR) is 75.6 cm³/mol. The molecule has 1 heterocycles. The average Bonchev–Trinajstić information content (AvgIpc) is 2.47. The second-order valence-corrected chi connectivity index (χ2v) is 6.94. The van der Waals surface area contributed by atoms with Gasteiger partial charge in [-0.3, -0.25) is 9.59 Å².